The van der Waals surface area contributed by atoms with Gasteiger partial charge in [0.05, 0.1) is 16.8 Å². The largest absolute Gasteiger partial charge is 0.454 e. The fourth-order valence-electron chi connectivity index (χ4n) is 3.79. The lowest BCUT2D eigenvalue weighted by Gasteiger charge is -2.34. The third kappa shape index (κ3) is 3.69. The van der Waals surface area contributed by atoms with Crippen LogP contribution in [0.25, 0.3) is 10.9 Å². The molecule has 0 spiro atoms. The summed E-state index contributed by atoms with van der Waals surface area (Å²) in [7, 11) is 0. The zero-order valence-corrected chi connectivity index (χ0v) is 15.5. The third-order valence-electron chi connectivity index (χ3n) is 5.16. The summed E-state index contributed by atoms with van der Waals surface area (Å²) in [5.74, 6) is 1.86. The quantitative estimate of drug-likeness (QED) is 0.756. The molecule has 0 aliphatic carbocycles. The first-order valence-electron chi connectivity index (χ1n) is 8.87. The lowest BCUT2D eigenvalue weighted by atomic mass is 9.92. The lowest BCUT2D eigenvalue weighted by Crippen LogP contribution is -2.35. The summed E-state index contributed by atoms with van der Waals surface area (Å²) >= 11 is -1.95. The Balaban J connectivity index is 1.57. The molecule has 9 heteroatoms. The second-order valence-electron chi connectivity index (χ2n) is 6.72. The predicted molar refractivity (Wildman–Crippen MR) is 101 cm³/mol. The number of fused-ring (bicyclic) bond motifs is 2. The van der Waals surface area contributed by atoms with Crippen molar-refractivity contribution >= 4 is 27.9 Å². The number of hydrogen-bond donors (Lipinski definition) is 2. The second-order valence-corrected chi connectivity index (χ2v) is 7.50. The number of piperidine rings is 1. The fraction of sp³-hybridized carbons (Fsp3) is 0.444. The molecule has 1 fully saturated rings. The van der Waals surface area contributed by atoms with E-state index in [4.69, 9.17) is 14.0 Å². The van der Waals surface area contributed by atoms with E-state index in [-0.39, 0.29) is 6.79 Å². The molecule has 1 aromatic heterocycles. The molecule has 1 unspecified atom stereocenters. The molecule has 2 aromatic rings. The minimum Gasteiger partial charge on any atom is -0.454 e. The molecule has 27 heavy (non-hydrogen) atoms. The van der Waals surface area contributed by atoms with E-state index in [1.54, 1.807) is 6.20 Å². The Morgan fingerprint density at radius 1 is 1.33 bits per heavy atom. The van der Waals surface area contributed by atoms with Crippen LogP contribution in [0.2, 0.25) is 0 Å². The van der Waals surface area contributed by atoms with Gasteiger partial charge in [-0.2, -0.15) is 5.26 Å². The maximum atomic E-state index is 10.7. The number of ether oxygens (including phenoxy) is 2. The summed E-state index contributed by atoms with van der Waals surface area (Å²) in [6.45, 7) is 2.38. The van der Waals surface area contributed by atoms with Crippen molar-refractivity contribution in [2.24, 2.45) is 5.92 Å². The molecule has 2 aliphatic heterocycles. The monoisotopic (exact) mass is 388 g/mol. The van der Waals surface area contributed by atoms with Crippen molar-refractivity contribution in [3.63, 3.8) is 0 Å². The van der Waals surface area contributed by atoms with Gasteiger partial charge in [-0.1, -0.05) is 0 Å². The highest BCUT2D eigenvalue weighted by Crippen LogP contribution is 2.40. The van der Waals surface area contributed by atoms with Crippen LogP contribution in [0.3, 0.4) is 0 Å². The maximum Gasteiger partial charge on any atom is 0.231 e. The number of hydrogen-bond acceptors (Lipinski definition) is 6. The number of nitrogens with zero attached hydrogens (tertiary/aromatic N) is 3. The molecule has 0 radical (unpaired) electrons. The minimum absolute atomic E-state index is 0.199. The lowest BCUT2D eigenvalue weighted by molar-refractivity contribution is 0.174. The van der Waals surface area contributed by atoms with E-state index in [0.29, 0.717) is 29.5 Å². The molecule has 4 rings (SSSR count). The smallest absolute Gasteiger partial charge is 0.231 e. The zero-order chi connectivity index (χ0) is 18.8. The van der Waals surface area contributed by atoms with Crippen LogP contribution < -0.4 is 19.1 Å². The molecule has 2 aliphatic rings. The van der Waals surface area contributed by atoms with Crippen LogP contribution >= 0.6 is 0 Å². The van der Waals surface area contributed by atoms with Crippen molar-refractivity contribution in [1.82, 2.24) is 9.71 Å². The van der Waals surface area contributed by atoms with Gasteiger partial charge in [-0.05, 0) is 31.2 Å². The van der Waals surface area contributed by atoms with Gasteiger partial charge in [0.2, 0.25) is 18.1 Å². The predicted octanol–water partition coefficient (Wildman–Crippen LogP) is 2.17. The summed E-state index contributed by atoms with van der Waals surface area (Å²) in [5.41, 5.74) is 2.23. The highest BCUT2D eigenvalue weighted by molar-refractivity contribution is 7.77. The van der Waals surface area contributed by atoms with Gasteiger partial charge in [-0.25, -0.2) is 8.93 Å². The summed E-state index contributed by atoms with van der Waals surface area (Å²) in [6.07, 6.45) is 4.42. The van der Waals surface area contributed by atoms with E-state index >= 15 is 0 Å². The molecule has 2 N–H and O–H groups in total. The van der Waals surface area contributed by atoms with Crippen molar-refractivity contribution < 1.29 is 18.2 Å². The topological polar surface area (TPSA) is 108 Å². The molecular formula is C18H20N4O4S. The molecule has 8 nitrogen and oxygen atoms in total. The molecule has 142 valence electrons. The number of aromatic nitrogens is 1. The fourth-order valence-corrected chi connectivity index (χ4v) is 4.08. The van der Waals surface area contributed by atoms with E-state index in [0.717, 1.165) is 48.9 Å². The molecule has 0 amide bonds. The van der Waals surface area contributed by atoms with Gasteiger partial charge in [0, 0.05) is 37.3 Å². The SMILES string of the molecule is N#Cc1cnc2cc3c(cc2c1N1CCC(CCNS(=O)O)CC1)OCO3. The van der Waals surface area contributed by atoms with Crippen LogP contribution in [-0.4, -0.2) is 40.2 Å². The number of nitrogens with one attached hydrogen (secondary N) is 1. The van der Waals surface area contributed by atoms with E-state index < -0.39 is 11.3 Å². The van der Waals surface area contributed by atoms with Gasteiger partial charge >= 0.3 is 0 Å². The average molecular weight is 388 g/mol. The molecule has 1 saturated heterocycles. The number of rotatable bonds is 5. The van der Waals surface area contributed by atoms with Gasteiger partial charge < -0.3 is 14.4 Å². The van der Waals surface area contributed by atoms with Crippen LogP contribution in [0.1, 0.15) is 24.8 Å². The number of pyridine rings is 1. The summed E-state index contributed by atoms with van der Waals surface area (Å²) < 4.78 is 33.0. The number of anilines is 1. The first kappa shape index (κ1) is 18.0. The van der Waals surface area contributed by atoms with Crippen LogP contribution in [-0.2, 0) is 11.3 Å². The Kier molecular flexibility index (Phi) is 5.11. The van der Waals surface area contributed by atoms with Crippen LogP contribution in [0.4, 0.5) is 5.69 Å². The van der Waals surface area contributed by atoms with Crippen molar-refractivity contribution in [2.45, 2.75) is 19.3 Å². The van der Waals surface area contributed by atoms with Crippen molar-refractivity contribution in [3.8, 4) is 17.6 Å². The van der Waals surface area contributed by atoms with Gasteiger partial charge in [0.1, 0.15) is 6.07 Å². The first-order chi connectivity index (χ1) is 13.2. The number of benzene rings is 1. The molecule has 1 aromatic carbocycles. The van der Waals surface area contributed by atoms with Crippen LogP contribution in [0.15, 0.2) is 18.3 Å². The molecule has 0 bridgehead atoms. The minimum atomic E-state index is -1.95. The number of nitriles is 1. The maximum absolute atomic E-state index is 10.7. The first-order valence-corrected chi connectivity index (χ1v) is 9.98. The Morgan fingerprint density at radius 2 is 2.07 bits per heavy atom. The normalized spacial score (nSPS) is 17.9. The standard InChI is InChI=1S/C18H20N4O4S/c19-9-13-10-20-15-8-17-16(25-11-26-17)7-14(15)18(13)22-5-2-12(3-6-22)1-4-21-27(23)24/h7-8,10,12,21H,1-6,11H2,(H,23,24). The van der Waals surface area contributed by atoms with Crippen LogP contribution in [0, 0.1) is 17.2 Å². The van der Waals surface area contributed by atoms with Gasteiger partial charge in [0.25, 0.3) is 0 Å². The van der Waals surface area contributed by atoms with E-state index in [1.807, 2.05) is 12.1 Å². The molecule has 3 heterocycles. The zero-order valence-electron chi connectivity index (χ0n) is 14.7. The van der Waals surface area contributed by atoms with E-state index in [2.05, 4.69) is 20.7 Å². The van der Waals surface area contributed by atoms with Gasteiger partial charge in [0.15, 0.2) is 11.5 Å². The third-order valence-corrected chi connectivity index (χ3v) is 5.61. The summed E-state index contributed by atoms with van der Waals surface area (Å²) in [6, 6.07) is 6.03. The highest BCUT2D eigenvalue weighted by atomic mass is 32.2. The molecule has 1 atom stereocenters. The van der Waals surface area contributed by atoms with E-state index in [9.17, 15) is 9.47 Å². The summed E-state index contributed by atoms with van der Waals surface area (Å²) in [5, 5.41) is 10.5. The Morgan fingerprint density at radius 3 is 2.78 bits per heavy atom. The van der Waals surface area contributed by atoms with Gasteiger partial charge in [-0.3, -0.25) is 9.54 Å². The summed E-state index contributed by atoms with van der Waals surface area (Å²) in [4.78, 5) is 6.65. The average Bonchev–Trinajstić information content (AvgIpc) is 3.13. The molecular weight excluding hydrogens is 368 g/mol. The van der Waals surface area contributed by atoms with Crippen molar-refractivity contribution in [3.05, 3.63) is 23.9 Å². The van der Waals surface area contributed by atoms with Gasteiger partial charge in [-0.15, -0.1) is 0 Å². The van der Waals surface area contributed by atoms with Crippen LogP contribution in [0.5, 0.6) is 11.5 Å². The van der Waals surface area contributed by atoms with Crippen molar-refractivity contribution in [2.75, 3.05) is 31.3 Å². The Labute approximate surface area is 159 Å². The Hall–Kier alpha value is -2.41. The highest BCUT2D eigenvalue weighted by Gasteiger charge is 2.25. The second kappa shape index (κ2) is 7.68. The van der Waals surface area contributed by atoms with E-state index in [1.165, 1.54) is 0 Å². The molecule has 0 saturated carbocycles. The Bertz CT molecular complexity index is 922. The van der Waals surface area contributed by atoms with Crippen molar-refractivity contribution in [1.29, 1.82) is 5.26 Å².